The SMILES string of the molecule is CCOC(=O)c1cc(C)sc1NC(=O)CCC(=O)[O-]. The summed E-state index contributed by atoms with van der Waals surface area (Å²) in [7, 11) is 0. The number of amides is 1. The maximum Gasteiger partial charge on any atom is 0.341 e. The second-order valence-electron chi connectivity index (χ2n) is 3.74. The summed E-state index contributed by atoms with van der Waals surface area (Å²) in [4.78, 5) is 34.3. The van der Waals surface area contributed by atoms with Crippen LogP contribution in [0, 0.1) is 6.92 Å². The van der Waals surface area contributed by atoms with Crippen molar-refractivity contribution in [1.82, 2.24) is 0 Å². The van der Waals surface area contributed by atoms with E-state index in [2.05, 4.69) is 5.32 Å². The number of thiophene rings is 1. The van der Waals surface area contributed by atoms with E-state index in [1.165, 1.54) is 11.3 Å². The first-order chi connectivity index (χ1) is 8.93. The van der Waals surface area contributed by atoms with E-state index in [1.54, 1.807) is 19.9 Å². The number of carbonyl (C=O) groups is 3. The average Bonchev–Trinajstić information content (AvgIpc) is 2.68. The third-order valence-corrected chi connectivity index (χ3v) is 3.13. The second kappa shape index (κ2) is 6.89. The molecule has 104 valence electrons. The van der Waals surface area contributed by atoms with Gasteiger partial charge in [0, 0.05) is 17.3 Å². The molecule has 1 heterocycles. The molecule has 0 spiro atoms. The van der Waals surface area contributed by atoms with Gasteiger partial charge in [0.1, 0.15) is 5.00 Å². The Hall–Kier alpha value is -1.89. The molecule has 0 saturated heterocycles. The third kappa shape index (κ3) is 4.70. The molecule has 7 heteroatoms. The maximum atomic E-state index is 11.7. The topological polar surface area (TPSA) is 95.5 Å². The van der Waals surface area contributed by atoms with Crippen molar-refractivity contribution in [2.24, 2.45) is 0 Å². The molecule has 6 nitrogen and oxygen atoms in total. The van der Waals surface area contributed by atoms with Crippen LogP contribution in [0.2, 0.25) is 0 Å². The molecular weight excluding hydrogens is 270 g/mol. The van der Waals surface area contributed by atoms with Crippen molar-refractivity contribution in [3.8, 4) is 0 Å². The van der Waals surface area contributed by atoms with Crippen LogP contribution in [-0.2, 0) is 14.3 Å². The molecule has 1 aromatic rings. The minimum atomic E-state index is -1.29. The van der Waals surface area contributed by atoms with Crippen molar-refractivity contribution in [3.63, 3.8) is 0 Å². The molecule has 0 unspecified atom stereocenters. The first-order valence-corrected chi connectivity index (χ1v) is 6.53. The highest BCUT2D eigenvalue weighted by Gasteiger charge is 2.17. The fourth-order valence-corrected chi connectivity index (χ4v) is 2.29. The van der Waals surface area contributed by atoms with Gasteiger partial charge in [-0.3, -0.25) is 4.79 Å². The first-order valence-electron chi connectivity index (χ1n) is 5.71. The van der Waals surface area contributed by atoms with Gasteiger partial charge in [0.2, 0.25) is 5.91 Å². The van der Waals surface area contributed by atoms with Crippen LogP contribution in [-0.4, -0.2) is 24.5 Å². The number of anilines is 1. The van der Waals surface area contributed by atoms with Gasteiger partial charge in [-0.25, -0.2) is 4.79 Å². The van der Waals surface area contributed by atoms with Gasteiger partial charge in [-0.1, -0.05) is 0 Å². The summed E-state index contributed by atoms with van der Waals surface area (Å²) in [6, 6.07) is 1.62. The second-order valence-corrected chi connectivity index (χ2v) is 5.00. The largest absolute Gasteiger partial charge is 0.550 e. The van der Waals surface area contributed by atoms with E-state index >= 15 is 0 Å². The summed E-state index contributed by atoms with van der Waals surface area (Å²) in [5.41, 5.74) is 0.283. The van der Waals surface area contributed by atoms with E-state index in [-0.39, 0.29) is 25.0 Å². The van der Waals surface area contributed by atoms with Gasteiger partial charge in [-0.2, -0.15) is 0 Å². The summed E-state index contributed by atoms with van der Waals surface area (Å²) in [5, 5.41) is 13.1. The summed E-state index contributed by atoms with van der Waals surface area (Å²) >= 11 is 1.24. The lowest BCUT2D eigenvalue weighted by Crippen LogP contribution is -2.24. The van der Waals surface area contributed by atoms with Crippen LogP contribution in [0.5, 0.6) is 0 Å². The summed E-state index contributed by atoms with van der Waals surface area (Å²) in [5.74, 6) is -2.28. The Balaban J connectivity index is 2.74. The number of nitrogens with one attached hydrogen (secondary N) is 1. The van der Waals surface area contributed by atoms with Crippen LogP contribution in [0.25, 0.3) is 0 Å². The number of aliphatic carboxylic acids is 1. The number of esters is 1. The number of carboxylic acid groups (broad SMARTS) is 1. The minimum Gasteiger partial charge on any atom is -0.550 e. The Bertz CT molecular complexity index is 494. The fourth-order valence-electron chi connectivity index (χ4n) is 1.37. The molecule has 1 amide bonds. The zero-order valence-corrected chi connectivity index (χ0v) is 11.5. The zero-order valence-electron chi connectivity index (χ0n) is 10.6. The van der Waals surface area contributed by atoms with Crippen LogP contribution in [0.1, 0.15) is 35.0 Å². The Labute approximate surface area is 114 Å². The van der Waals surface area contributed by atoms with Crippen LogP contribution < -0.4 is 10.4 Å². The average molecular weight is 284 g/mol. The van der Waals surface area contributed by atoms with Crippen molar-refractivity contribution in [2.45, 2.75) is 26.7 Å². The zero-order chi connectivity index (χ0) is 14.4. The predicted octanol–water partition coefficient (Wildman–Crippen LogP) is 0.702. The highest BCUT2D eigenvalue weighted by molar-refractivity contribution is 7.16. The summed E-state index contributed by atoms with van der Waals surface area (Å²) < 4.78 is 4.87. The maximum absolute atomic E-state index is 11.7. The van der Waals surface area contributed by atoms with Crippen LogP contribution in [0.3, 0.4) is 0 Å². The number of aryl methyl sites for hydroxylation is 1. The number of carboxylic acids is 1. The van der Waals surface area contributed by atoms with Gasteiger partial charge >= 0.3 is 5.97 Å². The van der Waals surface area contributed by atoms with Crippen molar-refractivity contribution >= 4 is 34.2 Å². The quantitative estimate of drug-likeness (QED) is 0.776. The Morgan fingerprint density at radius 2 is 2.05 bits per heavy atom. The molecule has 0 aliphatic carbocycles. The standard InChI is InChI=1S/C12H15NO5S/c1-3-18-12(17)8-6-7(2)19-11(8)13-9(14)4-5-10(15)16/h6H,3-5H2,1-2H3,(H,13,14)(H,15,16)/p-1. The van der Waals surface area contributed by atoms with E-state index < -0.39 is 17.8 Å². The Morgan fingerprint density at radius 3 is 2.63 bits per heavy atom. The van der Waals surface area contributed by atoms with E-state index in [9.17, 15) is 19.5 Å². The van der Waals surface area contributed by atoms with E-state index in [4.69, 9.17) is 4.74 Å². The Morgan fingerprint density at radius 1 is 1.37 bits per heavy atom. The number of hydrogen-bond donors (Lipinski definition) is 1. The van der Waals surface area contributed by atoms with E-state index in [1.807, 2.05) is 0 Å². The van der Waals surface area contributed by atoms with Crippen LogP contribution in [0.4, 0.5) is 5.00 Å². The molecule has 0 aliphatic rings. The fraction of sp³-hybridized carbons (Fsp3) is 0.417. The van der Waals surface area contributed by atoms with Crippen molar-refractivity contribution in [2.75, 3.05) is 11.9 Å². The molecule has 1 rings (SSSR count). The normalized spacial score (nSPS) is 10.0. The lowest BCUT2D eigenvalue weighted by atomic mass is 10.2. The number of rotatable bonds is 6. The van der Waals surface area contributed by atoms with Gasteiger partial charge < -0.3 is 20.0 Å². The van der Waals surface area contributed by atoms with E-state index in [0.29, 0.717) is 5.00 Å². The lowest BCUT2D eigenvalue weighted by Gasteiger charge is -2.06. The first kappa shape index (κ1) is 15.2. The van der Waals surface area contributed by atoms with Crippen molar-refractivity contribution in [3.05, 3.63) is 16.5 Å². The number of hydrogen-bond acceptors (Lipinski definition) is 6. The van der Waals surface area contributed by atoms with Crippen molar-refractivity contribution in [1.29, 1.82) is 0 Å². The number of ether oxygens (including phenoxy) is 1. The molecule has 0 fully saturated rings. The van der Waals surface area contributed by atoms with Crippen LogP contribution in [0.15, 0.2) is 6.07 Å². The third-order valence-electron chi connectivity index (χ3n) is 2.16. The molecule has 0 aliphatic heterocycles. The Kier molecular flexibility index (Phi) is 5.50. The smallest absolute Gasteiger partial charge is 0.341 e. The van der Waals surface area contributed by atoms with Gasteiger partial charge in [-0.05, 0) is 26.3 Å². The molecule has 0 saturated carbocycles. The predicted molar refractivity (Wildman–Crippen MR) is 67.9 cm³/mol. The molecule has 0 radical (unpaired) electrons. The lowest BCUT2D eigenvalue weighted by molar-refractivity contribution is -0.305. The number of carbonyl (C=O) groups excluding carboxylic acids is 3. The van der Waals surface area contributed by atoms with Crippen molar-refractivity contribution < 1.29 is 24.2 Å². The molecule has 19 heavy (non-hydrogen) atoms. The van der Waals surface area contributed by atoms with Gasteiger partial charge in [0.25, 0.3) is 0 Å². The van der Waals surface area contributed by atoms with Gasteiger partial charge in [-0.15, -0.1) is 11.3 Å². The molecule has 0 bridgehead atoms. The van der Waals surface area contributed by atoms with Crippen LogP contribution >= 0.6 is 11.3 Å². The molecular formula is C12H14NO5S-. The highest BCUT2D eigenvalue weighted by Crippen LogP contribution is 2.28. The molecule has 1 aromatic heterocycles. The summed E-state index contributed by atoms with van der Waals surface area (Å²) in [6.45, 7) is 3.73. The monoisotopic (exact) mass is 284 g/mol. The molecule has 0 aromatic carbocycles. The van der Waals surface area contributed by atoms with Gasteiger partial charge in [0.05, 0.1) is 12.2 Å². The summed E-state index contributed by atoms with van der Waals surface area (Å²) in [6.07, 6.45) is -0.549. The molecule has 0 atom stereocenters. The van der Waals surface area contributed by atoms with E-state index in [0.717, 1.165) is 4.88 Å². The highest BCUT2D eigenvalue weighted by atomic mass is 32.1. The minimum absolute atomic E-state index is 0.193. The molecule has 1 N–H and O–H groups in total. The van der Waals surface area contributed by atoms with Gasteiger partial charge in [0.15, 0.2) is 0 Å².